The molecule has 1 aromatic rings. The van der Waals surface area contributed by atoms with E-state index in [9.17, 15) is 0 Å². The van der Waals surface area contributed by atoms with Crippen molar-refractivity contribution in [1.82, 2.24) is 0 Å². The molecular weight excluding hydrogens is 204 g/mol. The molecule has 0 fully saturated rings. The summed E-state index contributed by atoms with van der Waals surface area (Å²) >= 11 is 0. The number of rotatable bonds is 4. The van der Waals surface area contributed by atoms with Crippen LogP contribution >= 0.6 is 0 Å². The lowest BCUT2D eigenvalue weighted by Gasteiger charge is -2.00. The van der Waals surface area contributed by atoms with Crippen LogP contribution in [0.15, 0.2) is 72.9 Å². The van der Waals surface area contributed by atoms with E-state index < -0.39 is 0 Å². The maximum atomic E-state index is 3.69. The quantitative estimate of drug-likeness (QED) is 0.619. The zero-order valence-corrected chi connectivity index (χ0v) is 10.7. The monoisotopic (exact) mass is 224 g/mol. The molecule has 0 aliphatic heterocycles. The van der Waals surface area contributed by atoms with E-state index >= 15 is 0 Å². The first-order valence-corrected chi connectivity index (χ1v) is 6.15. The van der Waals surface area contributed by atoms with Crippen molar-refractivity contribution < 1.29 is 0 Å². The lowest BCUT2D eigenvalue weighted by atomic mass is 10.0. The van der Waals surface area contributed by atoms with E-state index in [4.69, 9.17) is 0 Å². The van der Waals surface area contributed by atoms with Crippen LogP contribution in [0.2, 0.25) is 0 Å². The van der Waals surface area contributed by atoms with E-state index in [0.29, 0.717) is 0 Å². The van der Waals surface area contributed by atoms with Gasteiger partial charge < -0.3 is 0 Å². The topological polar surface area (TPSA) is 0 Å². The van der Waals surface area contributed by atoms with Crippen molar-refractivity contribution in [3.05, 3.63) is 78.4 Å². The molecule has 0 saturated heterocycles. The first-order valence-electron chi connectivity index (χ1n) is 6.15. The third kappa shape index (κ3) is 4.69. The van der Waals surface area contributed by atoms with Crippen LogP contribution in [-0.4, -0.2) is 0 Å². The number of benzene rings is 1. The molecule has 17 heavy (non-hydrogen) atoms. The summed E-state index contributed by atoms with van der Waals surface area (Å²) in [7, 11) is 0. The Morgan fingerprint density at radius 2 is 1.82 bits per heavy atom. The molecular formula is C17H20. The Hall–Kier alpha value is -1.82. The third-order valence-corrected chi connectivity index (χ3v) is 2.30. The zero-order chi connectivity index (χ0) is 12.5. The molecule has 0 unspecified atom stereocenters. The second-order valence-corrected chi connectivity index (χ2v) is 3.54. The highest BCUT2D eigenvalue weighted by Gasteiger charge is 2.05. The van der Waals surface area contributed by atoms with E-state index in [0.717, 1.165) is 6.42 Å². The van der Waals surface area contributed by atoms with Crippen LogP contribution < -0.4 is 0 Å². The predicted octanol–water partition coefficient (Wildman–Crippen LogP) is 5.17. The van der Waals surface area contributed by atoms with Crippen molar-refractivity contribution in [1.29, 1.82) is 0 Å². The number of allylic oxidation sites excluding steroid dienone is 7. The van der Waals surface area contributed by atoms with Gasteiger partial charge in [0.15, 0.2) is 0 Å². The highest BCUT2D eigenvalue weighted by molar-refractivity contribution is 5.77. The minimum atomic E-state index is 1.14. The molecule has 0 saturated carbocycles. The summed E-state index contributed by atoms with van der Waals surface area (Å²) in [5, 5.41) is 0. The molecule has 0 nitrogen and oxygen atoms in total. The third-order valence-electron chi connectivity index (χ3n) is 2.30. The SMILES string of the molecule is C=C/C=C\C(=C/C1=CC1)c1ccccc1.CC. The second-order valence-electron chi connectivity index (χ2n) is 3.54. The van der Waals surface area contributed by atoms with Crippen LogP contribution in [0.25, 0.3) is 5.57 Å². The van der Waals surface area contributed by atoms with Gasteiger partial charge in [-0.15, -0.1) is 0 Å². The lowest BCUT2D eigenvalue weighted by Crippen LogP contribution is -1.79. The van der Waals surface area contributed by atoms with Gasteiger partial charge in [-0.25, -0.2) is 0 Å². The van der Waals surface area contributed by atoms with E-state index in [-0.39, 0.29) is 0 Å². The Morgan fingerprint density at radius 1 is 1.18 bits per heavy atom. The van der Waals surface area contributed by atoms with Crippen LogP contribution in [0.5, 0.6) is 0 Å². The average Bonchev–Trinajstić information content (AvgIpc) is 3.22. The van der Waals surface area contributed by atoms with Gasteiger partial charge >= 0.3 is 0 Å². The largest absolute Gasteiger partial charge is 0.0991 e. The van der Waals surface area contributed by atoms with Crippen molar-refractivity contribution in [3.63, 3.8) is 0 Å². The van der Waals surface area contributed by atoms with Crippen molar-refractivity contribution >= 4 is 5.57 Å². The summed E-state index contributed by atoms with van der Waals surface area (Å²) in [5.74, 6) is 0. The normalized spacial score (nSPS) is 13.8. The standard InChI is InChI=1S/C15H14.C2H6/c1-2-3-7-15(12-13-10-11-13)14-8-5-4-6-9-14;1-2/h2-10,12H,1,11H2;1-2H3/b7-3-,15-12+;. The van der Waals surface area contributed by atoms with Crippen molar-refractivity contribution in [2.75, 3.05) is 0 Å². The van der Waals surface area contributed by atoms with Gasteiger partial charge in [0.1, 0.15) is 0 Å². The first-order chi connectivity index (χ1) is 8.40. The first kappa shape index (κ1) is 13.2. The maximum absolute atomic E-state index is 3.69. The zero-order valence-electron chi connectivity index (χ0n) is 10.7. The lowest BCUT2D eigenvalue weighted by molar-refractivity contribution is 1.50. The highest BCUT2D eigenvalue weighted by atomic mass is 14.1. The minimum absolute atomic E-state index is 1.14. The van der Waals surface area contributed by atoms with Crippen LogP contribution in [-0.2, 0) is 0 Å². The molecule has 0 N–H and O–H groups in total. The number of hydrogen-bond donors (Lipinski definition) is 0. The van der Waals surface area contributed by atoms with Gasteiger partial charge in [-0.1, -0.05) is 81.1 Å². The fraction of sp³-hybridized carbons (Fsp3) is 0.176. The van der Waals surface area contributed by atoms with Crippen LogP contribution in [0.3, 0.4) is 0 Å². The van der Waals surface area contributed by atoms with Gasteiger partial charge in [0.2, 0.25) is 0 Å². The molecule has 0 radical (unpaired) electrons. The molecule has 1 aliphatic carbocycles. The predicted molar refractivity (Wildman–Crippen MR) is 77.8 cm³/mol. The van der Waals surface area contributed by atoms with Gasteiger partial charge in [-0.05, 0) is 23.1 Å². The van der Waals surface area contributed by atoms with Gasteiger partial charge in [-0.2, -0.15) is 0 Å². The van der Waals surface area contributed by atoms with Gasteiger partial charge in [0, 0.05) is 0 Å². The molecule has 0 aromatic heterocycles. The van der Waals surface area contributed by atoms with Gasteiger partial charge in [0.05, 0.1) is 0 Å². The van der Waals surface area contributed by atoms with Crippen molar-refractivity contribution in [2.24, 2.45) is 0 Å². The van der Waals surface area contributed by atoms with Crippen molar-refractivity contribution in [3.8, 4) is 0 Å². The Morgan fingerprint density at radius 3 is 2.35 bits per heavy atom. The molecule has 1 aliphatic rings. The average molecular weight is 224 g/mol. The van der Waals surface area contributed by atoms with Crippen LogP contribution in [0.1, 0.15) is 25.8 Å². The fourth-order valence-corrected chi connectivity index (χ4v) is 1.41. The smallest absolute Gasteiger partial charge is 0.00943 e. The molecule has 88 valence electrons. The Kier molecular flexibility index (Phi) is 5.81. The fourth-order valence-electron chi connectivity index (χ4n) is 1.41. The molecule has 0 heterocycles. The number of hydrogen-bond acceptors (Lipinski definition) is 0. The molecule has 0 bridgehead atoms. The molecule has 0 amide bonds. The van der Waals surface area contributed by atoms with E-state index in [1.165, 1.54) is 16.7 Å². The van der Waals surface area contributed by atoms with Crippen molar-refractivity contribution in [2.45, 2.75) is 20.3 Å². The van der Waals surface area contributed by atoms with Crippen LogP contribution in [0, 0.1) is 0 Å². The second kappa shape index (κ2) is 7.45. The molecule has 0 atom stereocenters. The van der Waals surface area contributed by atoms with E-state index in [2.05, 4.69) is 49.1 Å². The summed E-state index contributed by atoms with van der Waals surface area (Å²) in [6.07, 6.45) is 11.5. The van der Waals surface area contributed by atoms with E-state index in [1.807, 2.05) is 26.0 Å². The summed E-state index contributed by atoms with van der Waals surface area (Å²) in [6, 6.07) is 10.4. The minimum Gasteiger partial charge on any atom is -0.0991 e. The molecule has 0 spiro atoms. The van der Waals surface area contributed by atoms with Crippen LogP contribution in [0.4, 0.5) is 0 Å². The Balaban J connectivity index is 0.000000686. The summed E-state index contributed by atoms with van der Waals surface area (Å²) in [6.45, 7) is 7.69. The molecule has 2 rings (SSSR count). The summed E-state index contributed by atoms with van der Waals surface area (Å²) in [4.78, 5) is 0. The Bertz CT molecular complexity index is 430. The summed E-state index contributed by atoms with van der Waals surface area (Å²) in [5.41, 5.74) is 3.92. The van der Waals surface area contributed by atoms with Gasteiger partial charge in [-0.3, -0.25) is 0 Å². The maximum Gasteiger partial charge on any atom is -0.00943 e. The van der Waals surface area contributed by atoms with Gasteiger partial charge in [0.25, 0.3) is 0 Å². The Labute approximate surface area is 105 Å². The van der Waals surface area contributed by atoms with E-state index in [1.54, 1.807) is 6.08 Å². The summed E-state index contributed by atoms with van der Waals surface area (Å²) < 4.78 is 0. The molecule has 0 heteroatoms. The molecule has 1 aromatic carbocycles. The highest BCUT2D eigenvalue weighted by Crippen LogP contribution is 2.26.